The molecular weight excluding hydrogens is 386 g/mol. The average molecular weight is 414 g/mol. The molecule has 0 unspecified atom stereocenters. The van der Waals surface area contributed by atoms with Crippen LogP contribution in [0.15, 0.2) is 41.3 Å². The molecule has 0 atom stereocenters. The summed E-state index contributed by atoms with van der Waals surface area (Å²) in [6.07, 6.45) is 6.53. The monoisotopic (exact) mass is 413 g/mol. The number of nitrogens with zero attached hydrogens (tertiary/aromatic N) is 3. The van der Waals surface area contributed by atoms with E-state index in [0.717, 1.165) is 48.2 Å². The van der Waals surface area contributed by atoms with Gasteiger partial charge in [-0.25, -0.2) is 9.97 Å². The van der Waals surface area contributed by atoms with Gasteiger partial charge in [0, 0.05) is 22.7 Å². The predicted molar refractivity (Wildman–Crippen MR) is 118 cm³/mol. The number of rotatable bonds is 7. The SMILES string of the molecule is Cc1cc(SN)cc(-c2cnc(N)c(O/C(C=N)=C/NC3CCN(C)CC3)n2)c1. The molecule has 9 heteroatoms. The van der Waals surface area contributed by atoms with Crippen molar-refractivity contribution in [2.24, 2.45) is 5.14 Å². The number of nitrogens with two attached hydrogens (primary N) is 2. The van der Waals surface area contributed by atoms with E-state index in [-0.39, 0.29) is 11.7 Å². The first-order valence-electron chi connectivity index (χ1n) is 9.43. The zero-order chi connectivity index (χ0) is 20.8. The van der Waals surface area contributed by atoms with Gasteiger partial charge in [-0.15, -0.1) is 0 Å². The van der Waals surface area contributed by atoms with Crippen molar-refractivity contribution >= 4 is 24.0 Å². The Morgan fingerprint density at radius 3 is 2.79 bits per heavy atom. The second-order valence-electron chi connectivity index (χ2n) is 7.14. The van der Waals surface area contributed by atoms with Crippen LogP contribution in [0, 0.1) is 12.3 Å². The summed E-state index contributed by atoms with van der Waals surface area (Å²) < 4.78 is 5.77. The highest BCUT2D eigenvalue weighted by Crippen LogP contribution is 2.27. The van der Waals surface area contributed by atoms with E-state index in [0.29, 0.717) is 17.5 Å². The molecule has 29 heavy (non-hydrogen) atoms. The fraction of sp³-hybridized carbons (Fsp3) is 0.350. The minimum Gasteiger partial charge on any atom is -0.433 e. The summed E-state index contributed by atoms with van der Waals surface area (Å²) in [5.74, 6) is 0.664. The standard InChI is InChI=1S/C20H27N7OS/c1-13-7-14(9-17(8-13)29-23)18-12-25-19(22)20(26-18)28-16(10-21)11-24-15-3-5-27(2)6-4-15/h7-12,15,21,24H,3-6,23H2,1-2H3,(H2,22,25)/b16-11+,21-10?. The Morgan fingerprint density at radius 1 is 1.34 bits per heavy atom. The molecule has 0 amide bonds. The zero-order valence-electron chi connectivity index (χ0n) is 16.7. The number of piperidine rings is 1. The van der Waals surface area contributed by atoms with E-state index in [1.165, 1.54) is 11.9 Å². The molecule has 2 heterocycles. The number of aromatic nitrogens is 2. The average Bonchev–Trinajstić information content (AvgIpc) is 2.73. The van der Waals surface area contributed by atoms with Crippen molar-refractivity contribution in [2.75, 3.05) is 25.9 Å². The molecule has 0 bridgehead atoms. The van der Waals surface area contributed by atoms with E-state index in [2.05, 4.69) is 27.2 Å². The number of hydrogen-bond acceptors (Lipinski definition) is 9. The van der Waals surface area contributed by atoms with Gasteiger partial charge in [-0.1, -0.05) is 0 Å². The van der Waals surface area contributed by atoms with E-state index in [4.69, 9.17) is 21.0 Å². The lowest BCUT2D eigenvalue weighted by molar-refractivity contribution is 0.243. The quantitative estimate of drug-likeness (QED) is 0.310. The van der Waals surface area contributed by atoms with Gasteiger partial charge < -0.3 is 26.1 Å². The lowest BCUT2D eigenvalue weighted by atomic mass is 10.1. The molecule has 154 valence electrons. The van der Waals surface area contributed by atoms with E-state index in [1.54, 1.807) is 12.4 Å². The maximum absolute atomic E-state index is 7.66. The van der Waals surface area contributed by atoms with E-state index in [9.17, 15) is 0 Å². The number of ether oxygens (including phenoxy) is 1. The normalized spacial score (nSPS) is 15.9. The molecule has 1 fully saturated rings. The third kappa shape index (κ3) is 5.69. The Kier molecular flexibility index (Phi) is 7.08. The van der Waals surface area contributed by atoms with Crippen molar-refractivity contribution in [3.63, 3.8) is 0 Å². The molecule has 0 radical (unpaired) electrons. The summed E-state index contributed by atoms with van der Waals surface area (Å²) in [7, 11) is 2.12. The van der Waals surface area contributed by atoms with Crippen molar-refractivity contribution in [1.82, 2.24) is 20.2 Å². The lowest BCUT2D eigenvalue weighted by Crippen LogP contribution is -2.39. The van der Waals surface area contributed by atoms with Crippen molar-refractivity contribution in [2.45, 2.75) is 30.7 Å². The molecule has 0 saturated carbocycles. The zero-order valence-corrected chi connectivity index (χ0v) is 17.5. The van der Waals surface area contributed by atoms with E-state index >= 15 is 0 Å². The summed E-state index contributed by atoms with van der Waals surface area (Å²) in [6.45, 7) is 4.09. The van der Waals surface area contributed by atoms with Crippen LogP contribution in [0.3, 0.4) is 0 Å². The highest BCUT2D eigenvalue weighted by atomic mass is 32.2. The van der Waals surface area contributed by atoms with Gasteiger partial charge in [-0.3, -0.25) is 5.14 Å². The van der Waals surface area contributed by atoms with Crippen molar-refractivity contribution in [3.05, 3.63) is 41.9 Å². The fourth-order valence-electron chi connectivity index (χ4n) is 3.15. The number of aryl methyl sites for hydroxylation is 1. The number of anilines is 1. The number of likely N-dealkylation sites (tertiary alicyclic amines) is 1. The summed E-state index contributed by atoms with van der Waals surface area (Å²) in [6, 6.07) is 6.30. The first-order chi connectivity index (χ1) is 14.0. The Hall–Kier alpha value is -2.62. The van der Waals surface area contributed by atoms with Gasteiger partial charge in [0.15, 0.2) is 11.6 Å². The molecule has 8 nitrogen and oxygen atoms in total. The number of nitrogens with one attached hydrogen (secondary N) is 2. The number of benzene rings is 1. The molecule has 2 aromatic rings. The molecule has 0 aliphatic carbocycles. The van der Waals surface area contributed by atoms with Gasteiger partial charge in [0.1, 0.15) is 0 Å². The van der Waals surface area contributed by atoms with Crippen molar-refractivity contribution in [3.8, 4) is 17.1 Å². The molecule has 1 aromatic heterocycles. The van der Waals surface area contributed by atoms with Crippen LogP contribution in [-0.2, 0) is 0 Å². The van der Waals surface area contributed by atoms with Gasteiger partial charge >= 0.3 is 0 Å². The van der Waals surface area contributed by atoms with Crippen LogP contribution in [-0.4, -0.2) is 47.3 Å². The van der Waals surface area contributed by atoms with E-state index < -0.39 is 0 Å². The van der Waals surface area contributed by atoms with Crippen molar-refractivity contribution < 1.29 is 4.74 Å². The summed E-state index contributed by atoms with van der Waals surface area (Å²) in [5.41, 5.74) is 8.53. The van der Waals surface area contributed by atoms with Crippen molar-refractivity contribution in [1.29, 1.82) is 5.41 Å². The van der Waals surface area contributed by atoms with Crippen LogP contribution in [0.4, 0.5) is 5.82 Å². The minimum absolute atomic E-state index is 0.168. The second-order valence-corrected chi connectivity index (χ2v) is 7.84. The Bertz CT molecular complexity index is 894. The van der Waals surface area contributed by atoms with Gasteiger partial charge in [-0.2, -0.15) is 0 Å². The Balaban J connectivity index is 1.77. The Morgan fingerprint density at radius 2 is 2.10 bits per heavy atom. The molecule has 6 N–H and O–H groups in total. The highest BCUT2D eigenvalue weighted by molar-refractivity contribution is 7.97. The van der Waals surface area contributed by atoms with Crippen LogP contribution >= 0.6 is 11.9 Å². The third-order valence-electron chi connectivity index (χ3n) is 4.79. The molecule has 1 aromatic carbocycles. The summed E-state index contributed by atoms with van der Waals surface area (Å²) >= 11 is 1.18. The van der Waals surface area contributed by atoms with Gasteiger partial charge in [0.2, 0.25) is 0 Å². The number of hydrogen-bond donors (Lipinski definition) is 4. The van der Waals surface area contributed by atoms with Crippen LogP contribution in [0.2, 0.25) is 0 Å². The molecule has 0 spiro atoms. The number of allylic oxidation sites excluding steroid dienone is 1. The molecule has 1 saturated heterocycles. The first-order valence-corrected chi connectivity index (χ1v) is 10.3. The fourth-order valence-corrected chi connectivity index (χ4v) is 3.60. The third-order valence-corrected chi connectivity index (χ3v) is 5.29. The van der Waals surface area contributed by atoms with Gasteiger partial charge in [0.05, 0.1) is 18.1 Å². The maximum atomic E-state index is 7.66. The smallest absolute Gasteiger partial charge is 0.263 e. The highest BCUT2D eigenvalue weighted by Gasteiger charge is 2.16. The lowest BCUT2D eigenvalue weighted by Gasteiger charge is -2.29. The van der Waals surface area contributed by atoms with E-state index in [1.807, 2.05) is 25.1 Å². The summed E-state index contributed by atoms with van der Waals surface area (Å²) in [5, 5.41) is 16.7. The van der Waals surface area contributed by atoms with Gasteiger partial charge in [0.25, 0.3) is 5.88 Å². The Labute approximate surface area is 175 Å². The van der Waals surface area contributed by atoms with Crippen LogP contribution in [0.25, 0.3) is 11.3 Å². The topological polar surface area (TPSA) is 126 Å². The predicted octanol–water partition coefficient (Wildman–Crippen LogP) is 2.55. The molecular formula is C20H27N7OS. The molecule has 3 rings (SSSR count). The van der Waals surface area contributed by atoms with Gasteiger partial charge in [-0.05, 0) is 75.6 Å². The maximum Gasteiger partial charge on any atom is 0.263 e. The number of nitrogen functional groups attached to an aromatic ring is 1. The first kappa shape index (κ1) is 21.1. The van der Waals surface area contributed by atoms with Crippen LogP contribution < -0.4 is 20.9 Å². The van der Waals surface area contributed by atoms with Crippen LogP contribution in [0.5, 0.6) is 5.88 Å². The molecule has 1 aliphatic heterocycles. The summed E-state index contributed by atoms with van der Waals surface area (Å²) in [4.78, 5) is 12.0. The second kappa shape index (κ2) is 9.73. The van der Waals surface area contributed by atoms with Crippen LogP contribution in [0.1, 0.15) is 18.4 Å². The largest absolute Gasteiger partial charge is 0.433 e. The molecule has 1 aliphatic rings. The minimum atomic E-state index is 0.168.